The number of thioether (sulfide) groups is 1. The number of benzene rings is 2. The van der Waals surface area contributed by atoms with Gasteiger partial charge in [0.25, 0.3) is 0 Å². The van der Waals surface area contributed by atoms with Crippen molar-refractivity contribution in [3.63, 3.8) is 0 Å². The van der Waals surface area contributed by atoms with Crippen molar-refractivity contribution in [2.24, 2.45) is 0 Å². The van der Waals surface area contributed by atoms with Crippen molar-refractivity contribution in [3.8, 4) is 11.5 Å². The SMILES string of the molecule is CSc1ccc(Oc2cccc(F)c2C=O)cc1. The second-order valence-corrected chi connectivity index (χ2v) is 4.43. The lowest BCUT2D eigenvalue weighted by atomic mass is 10.2. The van der Waals surface area contributed by atoms with Crippen LogP contribution in [0.25, 0.3) is 0 Å². The molecule has 2 aromatic carbocycles. The molecule has 0 amide bonds. The van der Waals surface area contributed by atoms with Crippen molar-refractivity contribution in [2.45, 2.75) is 4.90 Å². The Labute approximate surface area is 109 Å². The highest BCUT2D eigenvalue weighted by Crippen LogP contribution is 2.27. The molecule has 0 unspecified atom stereocenters. The highest BCUT2D eigenvalue weighted by atomic mass is 32.2. The Morgan fingerprint density at radius 2 is 1.89 bits per heavy atom. The number of ether oxygens (including phenoxy) is 1. The molecule has 2 aromatic rings. The Balaban J connectivity index is 2.28. The summed E-state index contributed by atoms with van der Waals surface area (Å²) in [7, 11) is 0. The van der Waals surface area contributed by atoms with E-state index in [1.54, 1.807) is 30.0 Å². The van der Waals surface area contributed by atoms with E-state index in [0.29, 0.717) is 12.0 Å². The van der Waals surface area contributed by atoms with Gasteiger partial charge in [-0.15, -0.1) is 11.8 Å². The second kappa shape index (κ2) is 5.69. The summed E-state index contributed by atoms with van der Waals surface area (Å²) in [6.07, 6.45) is 2.44. The smallest absolute Gasteiger partial charge is 0.156 e. The number of halogens is 1. The number of carbonyl (C=O) groups is 1. The van der Waals surface area contributed by atoms with Crippen LogP contribution in [0.15, 0.2) is 47.4 Å². The standard InChI is InChI=1S/C14H11FO2S/c1-18-11-7-5-10(6-8-11)17-14-4-2-3-13(15)12(14)9-16/h2-9H,1H3. The molecule has 0 aliphatic rings. The Bertz CT molecular complexity index is 552. The molecule has 0 radical (unpaired) electrons. The van der Waals surface area contributed by atoms with Gasteiger partial charge in [0.15, 0.2) is 6.29 Å². The fourth-order valence-corrected chi connectivity index (χ4v) is 1.90. The third-order valence-corrected chi connectivity index (χ3v) is 3.16. The summed E-state index contributed by atoms with van der Waals surface area (Å²) in [5.74, 6) is 0.214. The first-order chi connectivity index (χ1) is 8.74. The summed E-state index contributed by atoms with van der Waals surface area (Å²) in [4.78, 5) is 11.9. The molecule has 0 atom stereocenters. The van der Waals surface area contributed by atoms with Crippen molar-refractivity contribution in [1.29, 1.82) is 0 Å². The van der Waals surface area contributed by atoms with Crippen LogP contribution in [-0.2, 0) is 0 Å². The number of hydrogen-bond donors (Lipinski definition) is 0. The van der Waals surface area contributed by atoms with Gasteiger partial charge in [-0.1, -0.05) is 6.07 Å². The zero-order valence-corrected chi connectivity index (χ0v) is 10.5. The van der Waals surface area contributed by atoms with Crippen molar-refractivity contribution >= 4 is 18.0 Å². The van der Waals surface area contributed by atoms with Crippen LogP contribution in [0.2, 0.25) is 0 Å². The van der Waals surface area contributed by atoms with Crippen LogP contribution in [0.3, 0.4) is 0 Å². The fourth-order valence-electron chi connectivity index (χ4n) is 1.49. The summed E-state index contributed by atoms with van der Waals surface area (Å²) in [6, 6.07) is 11.7. The lowest BCUT2D eigenvalue weighted by Crippen LogP contribution is -1.93. The van der Waals surface area contributed by atoms with Crippen LogP contribution < -0.4 is 4.74 Å². The molecule has 0 heterocycles. The lowest BCUT2D eigenvalue weighted by Gasteiger charge is -2.08. The van der Waals surface area contributed by atoms with E-state index in [4.69, 9.17) is 4.74 Å². The summed E-state index contributed by atoms with van der Waals surface area (Å²) in [6.45, 7) is 0. The molecule has 0 fully saturated rings. The Hall–Kier alpha value is -1.81. The molecular formula is C14H11FO2S. The maximum absolute atomic E-state index is 13.4. The maximum atomic E-state index is 13.4. The molecule has 0 spiro atoms. The normalized spacial score (nSPS) is 10.1. The zero-order chi connectivity index (χ0) is 13.0. The Morgan fingerprint density at radius 3 is 2.50 bits per heavy atom. The average molecular weight is 262 g/mol. The molecule has 0 bridgehead atoms. The molecule has 2 nitrogen and oxygen atoms in total. The number of aldehydes is 1. The van der Waals surface area contributed by atoms with Crippen LogP contribution >= 0.6 is 11.8 Å². The van der Waals surface area contributed by atoms with Gasteiger partial charge in [0, 0.05) is 4.90 Å². The van der Waals surface area contributed by atoms with E-state index in [0.717, 1.165) is 4.90 Å². The summed E-state index contributed by atoms with van der Waals surface area (Å²) in [5.41, 5.74) is -0.0635. The zero-order valence-electron chi connectivity index (χ0n) is 9.72. The molecule has 2 rings (SSSR count). The molecule has 92 valence electrons. The van der Waals surface area contributed by atoms with Crippen molar-refractivity contribution in [2.75, 3.05) is 6.26 Å². The predicted octanol–water partition coefficient (Wildman–Crippen LogP) is 4.15. The van der Waals surface area contributed by atoms with Crippen LogP contribution in [0, 0.1) is 5.82 Å². The van der Waals surface area contributed by atoms with Gasteiger partial charge in [-0.2, -0.15) is 0 Å². The van der Waals surface area contributed by atoms with Gasteiger partial charge < -0.3 is 4.74 Å². The van der Waals surface area contributed by atoms with Crippen LogP contribution in [0.1, 0.15) is 10.4 Å². The number of hydrogen-bond acceptors (Lipinski definition) is 3. The van der Waals surface area contributed by atoms with Gasteiger partial charge in [-0.05, 0) is 42.7 Å². The predicted molar refractivity (Wildman–Crippen MR) is 70.1 cm³/mol. The van der Waals surface area contributed by atoms with Crippen LogP contribution in [0.4, 0.5) is 4.39 Å². The molecule has 0 saturated heterocycles. The first kappa shape index (κ1) is 12.6. The maximum Gasteiger partial charge on any atom is 0.156 e. The monoisotopic (exact) mass is 262 g/mol. The Kier molecular flexibility index (Phi) is 3.99. The van der Waals surface area contributed by atoms with Crippen molar-refractivity contribution in [3.05, 3.63) is 53.8 Å². The molecule has 4 heteroatoms. The molecule has 0 N–H and O–H groups in total. The van der Waals surface area contributed by atoms with Gasteiger partial charge >= 0.3 is 0 Å². The van der Waals surface area contributed by atoms with Crippen molar-refractivity contribution < 1.29 is 13.9 Å². The Morgan fingerprint density at radius 1 is 1.17 bits per heavy atom. The largest absolute Gasteiger partial charge is 0.457 e. The lowest BCUT2D eigenvalue weighted by molar-refractivity contribution is 0.111. The van der Waals surface area contributed by atoms with Crippen LogP contribution in [-0.4, -0.2) is 12.5 Å². The highest BCUT2D eigenvalue weighted by Gasteiger charge is 2.09. The molecule has 0 aromatic heterocycles. The quantitative estimate of drug-likeness (QED) is 0.611. The number of rotatable bonds is 4. The highest BCUT2D eigenvalue weighted by molar-refractivity contribution is 7.98. The molecular weight excluding hydrogens is 251 g/mol. The van der Waals surface area contributed by atoms with Gasteiger partial charge in [0.2, 0.25) is 0 Å². The van der Waals surface area contributed by atoms with Crippen LogP contribution in [0.5, 0.6) is 11.5 Å². The minimum Gasteiger partial charge on any atom is -0.457 e. The van der Waals surface area contributed by atoms with E-state index in [1.807, 2.05) is 18.4 Å². The molecule has 0 aliphatic heterocycles. The molecule has 18 heavy (non-hydrogen) atoms. The topological polar surface area (TPSA) is 26.3 Å². The first-order valence-electron chi connectivity index (χ1n) is 5.30. The van der Waals surface area contributed by atoms with E-state index >= 15 is 0 Å². The number of carbonyl (C=O) groups excluding carboxylic acids is 1. The minimum absolute atomic E-state index is 0.0635. The first-order valence-corrected chi connectivity index (χ1v) is 6.52. The van der Waals surface area contributed by atoms with E-state index < -0.39 is 5.82 Å². The third-order valence-electron chi connectivity index (χ3n) is 2.42. The molecule has 0 saturated carbocycles. The summed E-state index contributed by atoms with van der Waals surface area (Å²) in [5, 5.41) is 0. The summed E-state index contributed by atoms with van der Waals surface area (Å²) >= 11 is 1.62. The third kappa shape index (κ3) is 2.71. The van der Waals surface area contributed by atoms with Crippen molar-refractivity contribution in [1.82, 2.24) is 0 Å². The van der Waals surface area contributed by atoms with E-state index in [-0.39, 0.29) is 11.3 Å². The molecule has 0 aliphatic carbocycles. The van der Waals surface area contributed by atoms with E-state index in [1.165, 1.54) is 12.1 Å². The minimum atomic E-state index is -0.580. The summed E-state index contributed by atoms with van der Waals surface area (Å²) < 4.78 is 18.9. The fraction of sp³-hybridized carbons (Fsp3) is 0.0714. The van der Waals surface area contributed by atoms with Gasteiger partial charge in [0.1, 0.15) is 17.3 Å². The van der Waals surface area contributed by atoms with Gasteiger partial charge in [0.05, 0.1) is 5.56 Å². The average Bonchev–Trinajstić information content (AvgIpc) is 2.40. The van der Waals surface area contributed by atoms with E-state index in [2.05, 4.69) is 0 Å². The van der Waals surface area contributed by atoms with Gasteiger partial charge in [-0.3, -0.25) is 4.79 Å². The van der Waals surface area contributed by atoms with Gasteiger partial charge in [-0.25, -0.2) is 4.39 Å². The second-order valence-electron chi connectivity index (χ2n) is 3.55. The van der Waals surface area contributed by atoms with E-state index in [9.17, 15) is 9.18 Å².